The highest BCUT2D eigenvalue weighted by Crippen LogP contribution is 2.36. The summed E-state index contributed by atoms with van der Waals surface area (Å²) in [4.78, 5) is 14.6. The fourth-order valence-electron chi connectivity index (χ4n) is 3.64. The number of nitrogens with zero attached hydrogens (tertiary/aromatic N) is 1. The number of piperidine rings is 1. The minimum absolute atomic E-state index is 0.197. The van der Waals surface area contributed by atoms with Gasteiger partial charge in [0.25, 0.3) is 0 Å². The van der Waals surface area contributed by atoms with Crippen molar-refractivity contribution in [3.63, 3.8) is 0 Å². The van der Waals surface area contributed by atoms with Crippen molar-refractivity contribution >= 4 is 6.09 Å². The van der Waals surface area contributed by atoms with Gasteiger partial charge in [0.05, 0.1) is 0 Å². The third-order valence-corrected chi connectivity index (χ3v) is 5.10. The first-order valence-corrected chi connectivity index (χ1v) is 8.83. The van der Waals surface area contributed by atoms with Gasteiger partial charge in [-0.3, -0.25) is 4.90 Å². The van der Waals surface area contributed by atoms with Gasteiger partial charge in [-0.2, -0.15) is 0 Å². The van der Waals surface area contributed by atoms with Gasteiger partial charge in [0.1, 0.15) is 6.61 Å². The molecule has 2 aliphatic rings. The van der Waals surface area contributed by atoms with Gasteiger partial charge < -0.3 is 10.1 Å². The minimum Gasteiger partial charge on any atom is -0.445 e. The first kappa shape index (κ1) is 16.3. The van der Waals surface area contributed by atoms with E-state index in [0.717, 1.165) is 31.0 Å². The van der Waals surface area contributed by atoms with Crippen LogP contribution < -0.4 is 5.32 Å². The second-order valence-corrected chi connectivity index (χ2v) is 7.28. The van der Waals surface area contributed by atoms with Crippen molar-refractivity contribution in [2.75, 3.05) is 13.1 Å². The lowest BCUT2D eigenvalue weighted by atomic mass is 9.94. The van der Waals surface area contributed by atoms with Crippen LogP contribution in [0.15, 0.2) is 30.3 Å². The van der Waals surface area contributed by atoms with E-state index in [0.29, 0.717) is 18.6 Å². The molecule has 1 saturated carbocycles. The number of ether oxygens (including phenoxy) is 1. The van der Waals surface area contributed by atoms with Gasteiger partial charge in [-0.15, -0.1) is 0 Å². The first-order chi connectivity index (χ1) is 11.1. The SMILES string of the molecule is CC1CC(NC(=O)OCc2ccccc2)CN(C(C)C2CC2)C1. The van der Waals surface area contributed by atoms with Crippen molar-refractivity contribution in [3.05, 3.63) is 35.9 Å². The summed E-state index contributed by atoms with van der Waals surface area (Å²) < 4.78 is 5.35. The summed E-state index contributed by atoms with van der Waals surface area (Å²) in [7, 11) is 0. The molecule has 0 bridgehead atoms. The lowest BCUT2D eigenvalue weighted by molar-refractivity contribution is 0.0890. The van der Waals surface area contributed by atoms with Gasteiger partial charge in [0.15, 0.2) is 0 Å². The van der Waals surface area contributed by atoms with Crippen LogP contribution in [-0.2, 0) is 11.3 Å². The number of nitrogens with one attached hydrogen (secondary N) is 1. The van der Waals surface area contributed by atoms with Crippen LogP contribution >= 0.6 is 0 Å². The molecule has 1 saturated heterocycles. The van der Waals surface area contributed by atoms with Crippen LogP contribution in [0.4, 0.5) is 4.79 Å². The molecule has 1 aromatic rings. The number of hydrogen-bond donors (Lipinski definition) is 1. The monoisotopic (exact) mass is 316 g/mol. The molecule has 126 valence electrons. The average Bonchev–Trinajstić information content (AvgIpc) is 3.37. The molecule has 1 aliphatic heterocycles. The molecule has 4 heteroatoms. The molecule has 3 rings (SSSR count). The predicted octanol–water partition coefficient (Wildman–Crippen LogP) is 3.42. The number of likely N-dealkylation sites (tertiary alicyclic amines) is 1. The Morgan fingerprint density at radius 1 is 1.30 bits per heavy atom. The molecular weight excluding hydrogens is 288 g/mol. The van der Waals surface area contributed by atoms with Gasteiger partial charge in [-0.1, -0.05) is 37.3 Å². The largest absolute Gasteiger partial charge is 0.445 e. The second kappa shape index (κ2) is 7.35. The Kier molecular flexibility index (Phi) is 5.21. The van der Waals surface area contributed by atoms with E-state index in [4.69, 9.17) is 4.74 Å². The summed E-state index contributed by atoms with van der Waals surface area (Å²) in [5.74, 6) is 1.48. The molecule has 23 heavy (non-hydrogen) atoms. The Morgan fingerprint density at radius 3 is 2.74 bits per heavy atom. The molecule has 1 N–H and O–H groups in total. The summed E-state index contributed by atoms with van der Waals surface area (Å²) in [6.45, 7) is 7.03. The predicted molar refractivity (Wildman–Crippen MR) is 91.1 cm³/mol. The Hall–Kier alpha value is -1.55. The van der Waals surface area contributed by atoms with Crippen LogP contribution in [0.1, 0.15) is 38.7 Å². The fourth-order valence-corrected chi connectivity index (χ4v) is 3.64. The number of benzene rings is 1. The summed E-state index contributed by atoms with van der Waals surface area (Å²) in [5, 5.41) is 3.06. The van der Waals surface area contributed by atoms with E-state index in [1.54, 1.807) is 0 Å². The summed E-state index contributed by atoms with van der Waals surface area (Å²) >= 11 is 0. The molecular formula is C19H28N2O2. The van der Waals surface area contributed by atoms with E-state index in [9.17, 15) is 4.79 Å². The van der Waals surface area contributed by atoms with Crippen molar-refractivity contribution in [1.29, 1.82) is 0 Å². The molecule has 1 heterocycles. The maximum absolute atomic E-state index is 12.1. The van der Waals surface area contributed by atoms with Crippen molar-refractivity contribution in [3.8, 4) is 0 Å². The third-order valence-electron chi connectivity index (χ3n) is 5.10. The normalized spacial score (nSPS) is 26.5. The molecule has 2 fully saturated rings. The molecule has 3 atom stereocenters. The summed E-state index contributed by atoms with van der Waals surface area (Å²) in [5.41, 5.74) is 1.02. The van der Waals surface area contributed by atoms with Gasteiger partial charge in [-0.25, -0.2) is 4.79 Å². The van der Waals surface area contributed by atoms with E-state index in [1.807, 2.05) is 30.3 Å². The number of carbonyl (C=O) groups is 1. The van der Waals surface area contributed by atoms with Crippen LogP contribution in [-0.4, -0.2) is 36.2 Å². The number of alkyl carbamates (subject to hydrolysis) is 1. The molecule has 0 spiro atoms. The molecule has 0 radical (unpaired) electrons. The first-order valence-electron chi connectivity index (χ1n) is 8.83. The smallest absolute Gasteiger partial charge is 0.407 e. The van der Waals surface area contributed by atoms with E-state index >= 15 is 0 Å². The van der Waals surface area contributed by atoms with Gasteiger partial charge in [0, 0.05) is 25.2 Å². The molecule has 1 amide bonds. The highest BCUT2D eigenvalue weighted by molar-refractivity contribution is 5.67. The Labute approximate surface area is 139 Å². The Morgan fingerprint density at radius 2 is 2.04 bits per heavy atom. The summed E-state index contributed by atoms with van der Waals surface area (Å²) in [6, 6.07) is 10.6. The maximum Gasteiger partial charge on any atom is 0.407 e. The zero-order chi connectivity index (χ0) is 16.2. The molecule has 3 unspecified atom stereocenters. The lowest BCUT2D eigenvalue weighted by Crippen LogP contribution is -2.53. The van der Waals surface area contributed by atoms with Crippen molar-refractivity contribution in [2.24, 2.45) is 11.8 Å². The van der Waals surface area contributed by atoms with Crippen LogP contribution in [0.25, 0.3) is 0 Å². The van der Waals surface area contributed by atoms with E-state index < -0.39 is 0 Å². The van der Waals surface area contributed by atoms with E-state index in [2.05, 4.69) is 24.1 Å². The lowest BCUT2D eigenvalue weighted by Gasteiger charge is -2.40. The average molecular weight is 316 g/mol. The van der Waals surface area contributed by atoms with Gasteiger partial charge in [-0.05, 0) is 43.6 Å². The number of hydrogen-bond acceptors (Lipinski definition) is 3. The Balaban J connectivity index is 1.47. The number of amides is 1. The highest BCUT2D eigenvalue weighted by Gasteiger charge is 2.36. The van der Waals surface area contributed by atoms with Gasteiger partial charge in [0.2, 0.25) is 0 Å². The summed E-state index contributed by atoms with van der Waals surface area (Å²) in [6.07, 6.45) is 3.47. The quantitative estimate of drug-likeness (QED) is 0.905. The Bertz CT molecular complexity index is 515. The molecule has 0 aromatic heterocycles. The van der Waals surface area contributed by atoms with Crippen molar-refractivity contribution in [2.45, 2.75) is 51.8 Å². The number of carbonyl (C=O) groups excluding carboxylic acids is 1. The highest BCUT2D eigenvalue weighted by atomic mass is 16.5. The fraction of sp³-hybridized carbons (Fsp3) is 0.632. The van der Waals surface area contributed by atoms with Gasteiger partial charge >= 0.3 is 6.09 Å². The number of rotatable bonds is 5. The maximum atomic E-state index is 12.1. The van der Waals surface area contributed by atoms with E-state index in [1.165, 1.54) is 12.8 Å². The molecule has 4 nitrogen and oxygen atoms in total. The van der Waals surface area contributed by atoms with Crippen LogP contribution in [0.3, 0.4) is 0 Å². The second-order valence-electron chi connectivity index (χ2n) is 7.28. The van der Waals surface area contributed by atoms with Crippen molar-refractivity contribution < 1.29 is 9.53 Å². The minimum atomic E-state index is -0.299. The zero-order valence-electron chi connectivity index (χ0n) is 14.2. The van der Waals surface area contributed by atoms with Crippen LogP contribution in [0.5, 0.6) is 0 Å². The van der Waals surface area contributed by atoms with E-state index in [-0.39, 0.29) is 12.1 Å². The molecule has 1 aliphatic carbocycles. The van der Waals surface area contributed by atoms with Crippen LogP contribution in [0.2, 0.25) is 0 Å². The third kappa shape index (κ3) is 4.71. The van der Waals surface area contributed by atoms with Crippen LogP contribution in [0, 0.1) is 11.8 Å². The molecule has 1 aromatic carbocycles. The zero-order valence-corrected chi connectivity index (χ0v) is 14.2. The standard InChI is InChI=1S/C19H28N2O2/c1-14-10-18(12-21(11-14)15(2)17-8-9-17)20-19(22)23-13-16-6-4-3-5-7-16/h3-7,14-15,17-18H,8-13H2,1-2H3,(H,20,22). The topological polar surface area (TPSA) is 41.6 Å². The van der Waals surface area contributed by atoms with Crippen molar-refractivity contribution in [1.82, 2.24) is 10.2 Å².